The summed E-state index contributed by atoms with van der Waals surface area (Å²) in [5.74, 6) is -0.255. The van der Waals surface area contributed by atoms with Crippen molar-refractivity contribution in [2.45, 2.75) is 31.6 Å². The highest BCUT2D eigenvalue weighted by atomic mass is 35.5. The van der Waals surface area contributed by atoms with Crippen LogP contribution in [0.5, 0.6) is 0 Å². The predicted octanol–water partition coefficient (Wildman–Crippen LogP) is 2.92. The second-order valence-corrected chi connectivity index (χ2v) is 7.55. The van der Waals surface area contributed by atoms with Crippen LogP contribution in [-0.4, -0.2) is 37.6 Å². The first kappa shape index (κ1) is 18.0. The van der Waals surface area contributed by atoms with Crippen molar-refractivity contribution in [3.63, 3.8) is 0 Å². The normalized spacial score (nSPS) is 18.8. The molecule has 3 aromatic heterocycles. The van der Waals surface area contributed by atoms with Gasteiger partial charge in [-0.2, -0.15) is 5.10 Å². The Bertz CT molecular complexity index is 1220. The number of nitrogens with one attached hydrogen (secondary N) is 2. The van der Waals surface area contributed by atoms with Crippen molar-refractivity contribution in [2.75, 3.05) is 5.73 Å². The summed E-state index contributed by atoms with van der Waals surface area (Å²) in [4.78, 5) is 20.3. The minimum Gasteiger partial charge on any atom is -0.399 e. The van der Waals surface area contributed by atoms with E-state index in [1.807, 2.05) is 30.3 Å². The molecular weight excluding hydrogens is 392 g/mol. The number of benzene rings is 1. The predicted molar refractivity (Wildman–Crippen MR) is 110 cm³/mol. The third-order valence-corrected chi connectivity index (χ3v) is 5.57. The van der Waals surface area contributed by atoms with Gasteiger partial charge in [-0.05, 0) is 36.6 Å². The van der Waals surface area contributed by atoms with E-state index >= 15 is 0 Å². The number of hydrogen-bond acceptors (Lipinski definition) is 5. The largest absolute Gasteiger partial charge is 0.399 e. The fourth-order valence-electron chi connectivity index (χ4n) is 3.60. The Hall–Kier alpha value is -3.10. The molecule has 2 atom stereocenters. The van der Waals surface area contributed by atoms with Gasteiger partial charge in [-0.25, -0.2) is 9.50 Å². The van der Waals surface area contributed by atoms with E-state index in [2.05, 4.69) is 20.4 Å². The van der Waals surface area contributed by atoms with Crippen LogP contribution in [0.4, 0.5) is 5.69 Å². The molecule has 0 saturated heterocycles. The van der Waals surface area contributed by atoms with E-state index in [1.54, 1.807) is 6.20 Å². The van der Waals surface area contributed by atoms with Crippen LogP contribution < -0.4 is 11.1 Å². The summed E-state index contributed by atoms with van der Waals surface area (Å²) in [6.07, 6.45) is 5.00. The topological polar surface area (TPSA) is 110 Å². The number of nitrogens with two attached hydrogens (primary N) is 1. The van der Waals surface area contributed by atoms with Crippen LogP contribution in [-0.2, 0) is 11.3 Å². The molecule has 1 saturated carbocycles. The zero-order chi connectivity index (χ0) is 20.0. The zero-order valence-corrected chi connectivity index (χ0v) is 16.2. The molecule has 4 N–H and O–H groups in total. The van der Waals surface area contributed by atoms with E-state index < -0.39 is 0 Å². The minimum atomic E-state index is -0.255. The van der Waals surface area contributed by atoms with Gasteiger partial charge in [0.1, 0.15) is 0 Å². The third-order valence-electron chi connectivity index (χ3n) is 5.29. The molecule has 9 heteroatoms. The van der Waals surface area contributed by atoms with Gasteiger partial charge in [0.25, 0.3) is 5.91 Å². The minimum absolute atomic E-state index is 0.0359. The Morgan fingerprint density at radius 3 is 3.07 bits per heavy atom. The first-order valence-electron chi connectivity index (χ1n) is 9.37. The molecule has 8 nitrogen and oxygen atoms in total. The molecule has 0 aliphatic heterocycles. The highest BCUT2D eigenvalue weighted by Crippen LogP contribution is 2.27. The molecule has 4 aromatic rings. The lowest BCUT2D eigenvalue weighted by molar-refractivity contribution is -0.0339. The van der Waals surface area contributed by atoms with Crippen LogP contribution in [0.3, 0.4) is 0 Å². The Morgan fingerprint density at radius 2 is 2.28 bits per heavy atom. The van der Waals surface area contributed by atoms with Crippen LogP contribution in [0, 0.1) is 0 Å². The van der Waals surface area contributed by atoms with Crippen LogP contribution in [0.1, 0.15) is 28.9 Å². The first-order valence-corrected chi connectivity index (χ1v) is 9.75. The fourth-order valence-corrected chi connectivity index (χ4v) is 3.84. The Morgan fingerprint density at radius 1 is 1.38 bits per heavy atom. The van der Waals surface area contributed by atoms with Crippen molar-refractivity contribution in [1.82, 2.24) is 24.9 Å². The van der Waals surface area contributed by atoms with Gasteiger partial charge >= 0.3 is 0 Å². The van der Waals surface area contributed by atoms with Gasteiger partial charge in [-0.1, -0.05) is 23.7 Å². The average molecular weight is 411 g/mol. The molecule has 1 amide bonds. The molecule has 1 aliphatic carbocycles. The Balaban J connectivity index is 1.30. The Labute approximate surface area is 171 Å². The summed E-state index contributed by atoms with van der Waals surface area (Å²) in [6, 6.07) is 9.37. The van der Waals surface area contributed by atoms with E-state index in [1.165, 1.54) is 10.7 Å². The van der Waals surface area contributed by atoms with Gasteiger partial charge in [-0.15, -0.1) is 0 Å². The van der Waals surface area contributed by atoms with Crippen LogP contribution in [0.25, 0.3) is 16.6 Å². The van der Waals surface area contributed by atoms with Crippen molar-refractivity contribution in [2.24, 2.45) is 0 Å². The number of imidazole rings is 1. The molecular formula is C20H19ClN6O2. The van der Waals surface area contributed by atoms with E-state index in [-0.39, 0.29) is 18.1 Å². The average Bonchev–Trinajstić information content (AvgIpc) is 3.32. The van der Waals surface area contributed by atoms with Crippen molar-refractivity contribution >= 4 is 39.7 Å². The fraction of sp³-hybridized carbons (Fsp3) is 0.250. The standard InChI is InChI=1S/C20H19ClN6O2/c21-18-13-6-7-23-17(13)19-24-9-15(27(19)26-18)20(28)25-14-4-5-16(14)29-10-11-2-1-3-12(22)8-11/h1-3,6-9,14,16,23H,4-5,10,22H2,(H,25,28)/t14-,16-/m1/s1. The second-order valence-electron chi connectivity index (χ2n) is 7.19. The van der Waals surface area contributed by atoms with Gasteiger partial charge in [-0.3, -0.25) is 4.79 Å². The molecule has 29 heavy (non-hydrogen) atoms. The van der Waals surface area contributed by atoms with Crippen LogP contribution in [0.15, 0.2) is 42.7 Å². The number of hydrogen-bond donors (Lipinski definition) is 3. The van der Waals surface area contributed by atoms with Gasteiger partial charge in [0, 0.05) is 17.3 Å². The van der Waals surface area contributed by atoms with Crippen LogP contribution in [0.2, 0.25) is 5.15 Å². The van der Waals surface area contributed by atoms with Gasteiger partial charge in [0.2, 0.25) is 0 Å². The number of anilines is 1. The molecule has 5 rings (SSSR count). The van der Waals surface area contributed by atoms with Gasteiger partial charge in [0.05, 0.1) is 30.5 Å². The van der Waals surface area contributed by atoms with E-state index in [0.29, 0.717) is 28.8 Å². The molecule has 1 aliphatic rings. The van der Waals surface area contributed by atoms with E-state index in [9.17, 15) is 4.79 Å². The molecule has 1 fully saturated rings. The lowest BCUT2D eigenvalue weighted by atomic mass is 9.88. The summed E-state index contributed by atoms with van der Waals surface area (Å²) in [5, 5.41) is 8.42. The number of rotatable bonds is 5. The maximum absolute atomic E-state index is 12.8. The first-order chi connectivity index (χ1) is 14.1. The quantitative estimate of drug-likeness (QED) is 0.438. The number of fused-ring (bicyclic) bond motifs is 3. The smallest absolute Gasteiger partial charge is 0.271 e. The molecule has 0 bridgehead atoms. The van der Waals surface area contributed by atoms with Crippen LogP contribution >= 0.6 is 11.6 Å². The summed E-state index contributed by atoms with van der Waals surface area (Å²) >= 11 is 6.25. The summed E-state index contributed by atoms with van der Waals surface area (Å²) < 4.78 is 7.44. The van der Waals surface area contributed by atoms with Crippen molar-refractivity contribution < 1.29 is 9.53 Å². The number of aromatic amines is 1. The number of carbonyl (C=O) groups excluding carboxylic acids is 1. The van der Waals surface area contributed by atoms with Crippen molar-refractivity contribution in [3.8, 4) is 0 Å². The molecule has 1 aromatic carbocycles. The number of amides is 1. The van der Waals surface area contributed by atoms with Crippen molar-refractivity contribution in [1.29, 1.82) is 0 Å². The number of aromatic nitrogens is 4. The summed E-state index contributed by atoms with van der Waals surface area (Å²) in [6.45, 7) is 0.458. The maximum atomic E-state index is 12.8. The molecule has 0 radical (unpaired) electrons. The molecule has 0 unspecified atom stereocenters. The number of nitrogens with zero attached hydrogens (tertiary/aromatic N) is 3. The van der Waals surface area contributed by atoms with Gasteiger partial charge < -0.3 is 20.8 Å². The maximum Gasteiger partial charge on any atom is 0.271 e. The molecule has 3 heterocycles. The lowest BCUT2D eigenvalue weighted by Gasteiger charge is -2.36. The molecule has 148 valence electrons. The number of nitrogen functional groups attached to an aromatic ring is 1. The Kier molecular flexibility index (Phi) is 4.37. The monoisotopic (exact) mass is 410 g/mol. The lowest BCUT2D eigenvalue weighted by Crippen LogP contribution is -2.51. The van der Waals surface area contributed by atoms with E-state index in [0.717, 1.165) is 29.3 Å². The SMILES string of the molecule is Nc1cccc(CO[C@@H]2CC[C@H]2NC(=O)c2cnc3c4[nH]ccc4c(Cl)nn23)c1. The van der Waals surface area contributed by atoms with Gasteiger partial charge in [0.15, 0.2) is 16.5 Å². The highest BCUT2D eigenvalue weighted by molar-refractivity contribution is 6.34. The zero-order valence-electron chi connectivity index (χ0n) is 15.4. The summed E-state index contributed by atoms with van der Waals surface area (Å²) in [7, 11) is 0. The number of H-pyrrole nitrogens is 1. The number of carbonyl (C=O) groups is 1. The third kappa shape index (κ3) is 3.20. The highest BCUT2D eigenvalue weighted by Gasteiger charge is 2.34. The second kappa shape index (κ2) is 7.06. The number of halogens is 1. The van der Waals surface area contributed by atoms with Crippen molar-refractivity contribution in [3.05, 3.63) is 59.1 Å². The summed E-state index contributed by atoms with van der Waals surface area (Å²) in [5.41, 5.74) is 9.16. The molecule has 0 spiro atoms. The number of ether oxygens (including phenoxy) is 1. The van der Waals surface area contributed by atoms with E-state index in [4.69, 9.17) is 22.1 Å².